The molecule has 1 aliphatic rings. The first-order chi connectivity index (χ1) is 13.5. The Bertz CT molecular complexity index is 895. The van der Waals surface area contributed by atoms with Crippen molar-refractivity contribution in [1.29, 1.82) is 0 Å². The second-order valence-electron chi connectivity index (χ2n) is 6.44. The summed E-state index contributed by atoms with van der Waals surface area (Å²) in [4.78, 5) is 37.1. The monoisotopic (exact) mass is 388 g/mol. The fourth-order valence-electron chi connectivity index (χ4n) is 2.78. The number of aromatic nitrogens is 2. The summed E-state index contributed by atoms with van der Waals surface area (Å²) in [7, 11) is 0. The van der Waals surface area contributed by atoms with Crippen LogP contribution in [0.5, 0.6) is 5.75 Å². The predicted octanol–water partition coefficient (Wildman–Crippen LogP) is 0.426. The molecular weight excluding hydrogens is 367 g/mol. The van der Waals surface area contributed by atoms with E-state index in [2.05, 4.69) is 10.4 Å². The Morgan fingerprint density at radius 2 is 2.00 bits per heavy atom. The van der Waals surface area contributed by atoms with E-state index in [1.165, 1.54) is 40.0 Å². The van der Waals surface area contributed by atoms with Crippen LogP contribution in [0, 0.1) is 11.7 Å². The third-order valence-corrected chi connectivity index (χ3v) is 4.42. The number of amides is 2. The van der Waals surface area contributed by atoms with Crippen molar-refractivity contribution in [3.05, 3.63) is 58.8 Å². The summed E-state index contributed by atoms with van der Waals surface area (Å²) in [5, 5.41) is 6.74. The fraction of sp³-hybridized carbons (Fsp3) is 0.368. The van der Waals surface area contributed by atoms with E-state index in [1.807, 2.05) is 0 Å². The lowest BCUT2D eigenvalue weighted by Crippen LogP contribution is -2.56. The number of carbonyl (C=O) groups is 2. The molecule has 2 heterocycles. The van der Waals surface area contributed by atoms with Gasteiger partial charge in [-0.2, -0.15) is 5.10 Å². The van der Waals surface area contributed by atoms with Gasteiger partial charge in [-0.3, -0.25) is 14.4 Å². The lowest BCUT2D eigenvalue weighted by atomic mass is 9.99. The molecule has 1 saturated heterocycles. The highest BCUT2D eigenvalue weighted by Gasteiger charge is 2.35. The molecule has 1 aromatic carbocycles. The van der Waals surface area contributed by atoms with Crippen LogP contribution in [-0.2, 0) is 16.1 Å². The molecule has 3 rings (SSSR count). The minimum Gasteiger partial charge on any atom is -0.481 e. The molecule has 0 spiro atoms. The van der Waals surface area contributed by atoms with E-state index in [0.29, 0.717) is 32.6 Å². The highest BCUT2D eigenvalue weighted by molar-refractivity contribution is 5.85. The van der Waals surface area contributed by atoms with Crippen LogP contribution >= 0.6 is 0 Å². The van der Waals surface area contributed by atoms with Gasteiger partial charge in [0, 0.05) is 38.4 Å². The number of benzene rings is 1. The molecule has 0 bridgehead atoms. The number of halogens is 1. The second-order valence-corrected chi connectivity index (χ2v) is 6.44. The molecule has 1 aromatic heterocycles. The van der Waals surface area contributed by atoms with E-state index >= 15 is 0 Å². The molecular formula is C19H21FN4O4. The third-order valence-electron chi connectivity index (χ3n) is 4.42. The van der Waals surface area contributed by atoms with E-state index in [-0.39, 0.29) is 35.6 Å². The molecule has 1 N–H and O–H groups in total. The van der Waals surface area contributed by atoms with Crippen LogP contribution in [0.1, 0.15) is 6.42 Å². The number of hydrogen-bond donors (Lipinski definition) is 1. The molecule has 1 aliphatic heterocycles. The average molecular weight is 388 g/mol. The number of para-hydroxylation sites is 1. The van der Waals surface area contributed by atoms with E-state index in [4.69, 9.17) is 4.74 Å². The number of aryl methyl sites for hydroxylation is 1. The van der Waals surface area contributed by atoms with Gasteiger partial charge in [0.2, 0.25) is 5.91 Å². The van der Waals surface area contributed by atoms with E-state index in [9.17, 15) is 18.8 Å². The average Bonchev–Trinajstić information content (AvgIpc) is 2.64. The second kappa shape index (κ2) is 9.12. The van der Waals surface area contributed by atoms with Crippen molar-refractivity contribution in [3.63, 3.8) is 0 Å². The highest BCUT2D eigenvalue weighted by atomic mass is 19.1. The van der Waals surface area contributed by atoms with Crippen LogP contribution in [0.3, 0.4) is 0 Å². The molecule has 1 fully saturated rings. The van der Waals surface area contributed by atoms with Crippen LogP contribution in [0.25, 0.3) is 0 Å². The van der Waals surface area contributed by atoms with Crippen molar-refractivity contribution >= 4 is 11.8 Å². The number of hydrogen-bond acceptors (Lipinski definition) is 5. The van der Waals surface area contributed by atoms with Crippen molar-refractivity contribution in [1.82, 2.24) is 20.0 Å². The standard InChI is InChI=1S/C19H21FN4O4/c20-15-5-1-2-6-16(15)28-13-18(26)23-11-14(12-23)19(27)21-8-4-10-24-17(25)7-3-9-22-24/h1-3,5-7,9,14H,4,8,10-13H2,(H,21,27). The molecule has 28 heavy (non-hydrogen) atoms. The maximum Gasteiger partial charge on any atom is 0.266 e. The molecule has 2 amide bonds. The quantitative estimate of drug-likeness (QED) is 0.662. The summed E-state index contributed by atoms with van der Waals surface area (Å²) in [5.74, 6) is -1.19. The fourth-order valence-corrected chi connectivity index (χ4v) is 2.78. The number of ether oxygens (including phenoxy) is 1. The molecule has 9 heteroatoms. The summed E-state index contributed by atoms with van der Waals surface area (Å²) in [6.45, 7) is 1.19. The van der Waals surface area contributed by atoms with Crippen LogP contribution < -0.4 is 15.6 Å². The number of likely N-dealkylation sites (tertiary alicyclic amines) is 1. The van der Waals surface area contributed by atoms with Crippen molar-refractivity contribution < 1.29 is 18.7 Å². The number of nitrogens with zero attached hydrogens (tertiary/aromatic N) is 3. The molecule has 0 unspecified atom stereocenters. The first kappa shape index (κ1) is 19.5. The highest BCUT2D eigenvalue weighted by Crippen LogP contribution is 2.18. The smallest absolute Gasteiger partial charge is 0.266 e. The maximum absolute atomic E-state index is 13.5. The van der Waals surface area contributed by atoms with Gasteiger partial charge in [-0.1, -0.05) is 12.1 Å². The van der Waals surface area contributed by atoms with Crippen molar-refractivity contribution in [3.8, 4) is 5.75 Å². The van der Waals surface area contributed by atoms with Gasteiger partial charge in [0.05, 0.1) is 5.92 Å². The Morgan fingerprint density at radius 3 is 2.75 bits per heavy atom. The number of carbonyl (C=O) groups excluding carboxylic acids is 2. The Hall–Kier alpha value is -3.23. The van der Waals surface area contributed by atoms with Gasteiger partial charge in [0.15, 0.2) is 18.2 Å². The molecule has 2 aromatic rings. The van der Waals surface area contributed by atoms with Crippen molar-refractivity contribution in [2.24, 2.45) is 5.92 Å². The number of nitrogens with one attached hydrogen (secondary N) is 1. The minimum absolute atomic E-state index is 0.0256. The Labute approximate surface area is 160 Å². The first-order valence-electron chi connectivity index (χ1n) is 8.99. The largest absolute Gasteiger partial charge is 0.481 e. The van der Waals surface area contributed by atoms with Gasteiger partial charge in [0.1, 0.15) is 0 Å². The summed E-state index contributed by atoms with van der Waals surface area (Å²) in [6.07, 6.45) is 2.12. The van der Waals surface area contributed by atoms with Crippen LogP contribution in [0.2, 0.25) is 0 Å². The van der Waals surface area contributed by atoms with Crippen LogP contribution in [0.4, 0.5) is 4.39 Å². The lowest BCUT2D eigenvalue weighted by Gasteiger charge is -2.38. The minimum atomic E-state index is -0.524. The van der Waals surface area contributed by atoms with Crippen LogP contribution in [-0.4, -0.2) is 52.7 Å². The summed E-state index contributed by atoms with van der Waals surface area (Å²) < 4.78 is 20.0. The maximum atomic E-state index is 13.5. The third kappa shape index (κ3) is 4.93. The van der Waals surface area contributed by atoms with Gasteiger partial charge in [-0.15, -0.1) is 0 Å². The van der Waals surface area contributed by atoms with Gasteiger partial charge in [-0.25, -0.2) is 9.07 Å². The van der Waals surface area contributed by atoms with Crippen LogP contribution in [0.15, 0.2) is 47.4 Å². The SMILES string of the molecule is O=C(NCCCn1ncccc1=O)C1CN(C(=O)COc2ccccc2F)C1. The Balaban J connectivity index is 1.32. The molecule has 0 aliphatic carbocycles. The van der Waals surface area contributed by atoms with Gasteiger partial charge in [0.25, 0.3) is 11.5 Å². The first-order valence-corrected chi connectivity index (χ1v) is 8.99. The van der Waals surface area contributed by atoms with Gasteiger partial charge in [-0.05, 0) is 24.6 Å². The molecule has 0 radical (unpaired) electrons. The zero-order valence-corrected chi connectivity index (χ0v) is 15.2. The molecule has 0 atom stereocenters. The van der Waals surface area contributed by atoms with E-state index in [0.717, 1.165) is 0 Å². The molecule has 148 valence electrons. The summed E-state index contributed by atoms with van der Waals surface area (Å²) in [6, 6.07) is 8.88. The Morgan fingerprint density at radius 1 is 1.21 bits per heavy atom. The topological polar surface area (TPSA) is 93.5 Å². The lowest BCUT2D eigenvalue weighted by molar-refractivity contribution is -0.144. The molecule has 8 nitrogen and oxygen atoms in total. The summed E-state index contributed by atoms with van der Waals surface area (Å²) >= 11 is 0. The van der Waals surface area contributed by atoms with E-state index in [1.54, 1.807) is 12.1 Å². The zero-order valence-electron chi connectivity index (χ0n) is 15.2. The molecule has 0 saturated carbocycles. The van der Waals surface area contributed by atoms with Crippen molar-refractivity contribution in [2.75, 3.05) is 26.2 Å². The normalized spacial score (nSPS) is 13.7. The Kier molecular flexibility index (Phi) is 6.36. The predicted molar refractivity (Wildman–Crippen MR) is 98.1 cm³/mol. The van der Waals surface area contributed by atoms with Gasteiger partial charge >= 0.3 is 0 Å². The van der Waals surface area contributed by atoms with Gasteiger partial charge < -0.3 is 15.0 Å². The zero-order chi connectivity index (χ0) is 19.9. The summed E-state index contributed by atoms with van der Waals surface area (Å²) in [5.41, 5.74) is -0.181. The van der Waals surface area contributed by atoms with Crippen molar-refractivity contribution in [2.45, 2.75) is 13.0 Å². The van der Waals surface area contributed by atoms with E-state index < -0.39 is 5.82 Å². The number of rotatable bonds is 8.